The van der Waals surface area contributed by atoms with Crippen LogP contribution in [0.3, 0.4) is 0 Å². The van der Waals surface area contributed by atoms with E-state index in [1.807, 2.05) is 54.1 Å². The van der Waals surface area contributed by atoms with Crippen molar-refractivity contribution in [3.8, 4) is 11.3 Å². The zero-order valence-electron chi connectivity index (χ0n) is 13.1. The minimum atomic E-state index is 0.402. The van der Waals surface area contributed by atoms with E-state index in [2.05, 4.69) is 22.4 Å². The Kier molecular flexibility index (Phi) is 4.62. The molecule has 0 amide bonds. The highest BCUT2D eigenvalue weighted by Crippen LogP contribution is 2.25. The molecule has 2 aromatic carbocycles. The average molecular weight is 305 g/mol. The molecule has 116 valence electrons. The van der Waals surface area contributed by atoms with E-state index in [-0.39, 0.29) is 0 Å². The van der Waals surface area contributed by atoms with Gasteiger partial charge in [0.25, 0.3) is 0 Å². The van der Waals surface area contributed by atoms with E-state index in [9.17, 15) is 4.79 Å². The number of hydrogen-bond donors (Lipinski definition) is 0. The molecule has 0 saturated carbocycles. The van der Waals surface area contributed by atoms with Gasteiger partial charge in [-0.2, -0.15) is 0 Å². The molecule has 23 heavy (non-hydrogen) atoms. The third-order valence-electron chi connectivity index (χ3n) is 3.95. The first kappa shape index (κ1) is 15.2. The Morgan fingerprint density at radius 1 is 1.04 bits per heavy atom. The highest BCUT2D eigenvalue weighted by Gasteiger charge is 2.15. The normalized spacial score (nSPS) is 10.7. The molecule has 0 aliphatic heterocycles. The van der Waals surface area contributed by atoms with Gasteiger partial charge in [-0.1, -0.05) is 59.8 Å². The van der Waals surface area contributed by atoms with Gasteiger partial charge in [-0.15, -0.1) is 5.10 Å². The molecule has 1 aromatic heterocycles. The van der Waals surface area contributed by atoms with E-state index in [4.69, 9.17) is 0 Å². The van der Waals surface area contributed by atoms with Crippen LogP contribution in [-0.4, -0.2) is 21.3 Å². The predicted octanol–water partition coefficient (Wildman–Crippen LogP) is 3.70. The van der Waals surface area contributed by atoms with Crippen LogP contribution in [0.5, 0.6) is 0 Å². The summed E-state index contributed by atoms with van der Waals surface area (Å²) in [4.78, 5) is 11.3. The van der Waals surface area contributed by atoms with E-state index >= 15 is 0 Å². The summed E-state index contributed by atoms with van der Waals surface area (Å²) < 4.78 is 1.84. The van der Waals surface area contributed by atoms with Crippen molar-refractivity contribution in [1.29, 1.82) is 0 Å². The maximum absolute atomic E-state index is 11.3. The van der Waals surface area contributed by atoms with Gasteiger partial charge in [-0.25, -0.2) is 4.68 Å². The summed E-state index contributed by atoms with van der Waals surface area (Å²) in [6, 6.07) is 18.4. The fraction of sp³-hybridized carbons (Fsp3) is 0.211. The van der Waals surface area contributed by atoms with Crippen molar-refractivity contribution in [2.75, 3.05) is 0 Å². The molecule has 0 fully saturated rings. The van der Waals surface area contributed by atoms with E-state index in [0.29, 0.717) is 5.69 Å². The van der Waals surface area contributed by atoms with Gasteiger partial charge < -0.3 is 0 Å². The molecule has 0 saturated heterocycles. The van der Waals surface area contributed by atoms with Gasteiger partial charge >= 0.3 is 0 Å². The predicted molar refractivity (Wildman–Crippen MR) is 90.3 cm³/mol. The Hall–Kier alpha value is -2.75. The lowest BCUT2D eigenvalue weighted by Crippen LogP contribution is -2.05. The fourth-order valence-electron chi connectivity index (χ4n) is 2.76. The molecule has 3 rings (SSSR count). The molecule has 0 aliphatic carbocycles. The Labute approximate surface area is 135 Å². The van der Waals surface area contributed by atoms with Crippen molar-refractivity contribution in [3.63, 3.8) is 0 Å². The maximum Gasteiger partial charge on any atom is 0.172 e. The SMILES string of the molecule is Cc1ccccc1-c1c(C=O)nnn1CCCc1ccccc1. The molecule has 0 atom stereocenters. The summed E-state index contributed by atoms with van der Waals surface area (Å²) in [7, 11) is 0. The van der Waals surface area contributed by atoms with Crippen LogP contribution in [0.25, 0.3) is 11.3 Å². The quantitative estimate of drug-likeness (QED) is 0.652. The number of carbonyl (C=O) groups is 1. The Balaban J connectivity index is 1.82. The third kappa shape index (κ3) is 3.37. The lowest BCUT2D eigenvalue weighted by Gasteiger charge is -2.09. The average Bonchev–Trinajstić information content (AvgIpc) is 2.99. The van der Waals surface area contributed by atoms with Crippen molar-refractivity contribution >= 4 is 6.29 Å². The second-order valence-corrected chi connectivity index (χ2v) is 5.57. The summed E-state index contributed by atoms with van der Waals surface area (Å²) in [5.41, 5.74) is 4.65. The number of rotatable bonds is 6. The molecule has 0 bridgehead atoms. The van der Waals surface area contributed by atoms with Crippen molar-refractivity contribution in [2.45, 2.75) is 26.3 Å². The van der Waals surface area contributed by atoms with Crippen molar-refractivity contribution < 1.29 is 4.79 Å². The highest BCUT2D eigenvalue weighted by molar-refractivity contribution is 5.84. The molecule has 4 heteroatoms. The topological polar surface area (TPSA) is 47.8 Å². The van der Waals surface area contributed by atoms with Gasteiger partial charge in [-0.3, -0.25) is 4.79 Å². The zero-order valence-corrected chi connectivity index (χ0v) is 13.1. The zero-order chi connectivity index (χ0) is 16.1. The molecule has 0 N–H and O–H groups in total. The number of benzene rings is 2. The number of carbonyl (C=O) groups excluding carboxylic acids is 1. The molecule has 0 spiro atoms. The first-order chi connectivity index (χ1) is 11.3. The number of aryl methyl sites for hydroxylation is 3. The Morgan fingerprint density at radius 2 is 1.78 bits per heavy atom. The number of hydrogen-bond acceptors (Lipinski definition) is 3. The minimum Gasteiger partial charge on any atom is -0.296 e. The number of aromatic nitrogens is 3. The van der Waals surface area contributed by atoms with Crippen LogP contribution in [0.2, 0.25) is 0 Å². The van der Waals surface area contributed by atoms with Gasteiger partial charge in [0.2, 0.25) is 0 Å². The smallest absolute Gasteiger partial charge is 0.172 e. The van der Waals surface area contributed by atoms with Crippen LogP contribution < -0.4 is 0 Å². The van der Waals surface area contributed by atoms with Gasteiger partial charge in [0.1, 0.15) is 0 Å². The monoisotopic (exact) mass is 305 g/mol. The highest BCUT2D eigenvalue weighted by atomic mass is 16.1. The van der Waals surface area contributed by atoms with Crippen LogP contribution in [0, 0.1) is 6.92 Å². The summed E-state index contributed by atoms with van der Waals surface area (Å²) in [6.45, 7) is 2.77. The standard InChI is InChI=1S/C19H19N3O/c1-15-8-5-6-12-17(15)19-18(14-23)20-21-22(19)13-7-11-16-9-3-2-4-10-16/h2-6,8-10,12,14H,7,11,13H2,1H3. The van der Waals surface area contributed by atoms with Gasteiger partial charge in [0, 0.05) is 12.1 Å². The third-order valence-corrected chi connectivity index (χ3v) is 3.95. The van der Waals surface area contributed by atoms with Crippen LogP contribution in [0.15, 0.2) is 54.6 Å². The van der Waals surface area contributed by atoms with Crippen molar-refractivity contribution in [1.82, 2.24) is 15.0 Å². The van der Waals surface area contributed by atoms with Gasteiger partial charge in [-0.05, 0) is 30.9 Å². The molecule has 1 heterocycles. The van der Waals surface area contributed by atoms with Crippen LogP contribution in [-0.2, 0) is 13.0 Å². The van der Waals surface area contributed by atoms with Gasteiger partial charge in [0.15, 0.2) is 12.0 Å². The molecule has 3 aromatic rings. The first-order valence-electron chi connectivity index (χ1n) is 7.78. The van der Waals surface area contributed by atoms with Crippen LogP contribution in [0.1, 0.15) is 28.0 Å². The second-order valence-electron chi connectivity index (χ2n) is 5.57. The van der Waals surface area contributed by atoms with E-state index < -0.39 is 0 Å². The van der Waals surface area contributed by atoms with Crippen LogP contribution in [0.4, 0.5) is 0 Å². The molecular formula is C19H19N3O. The molecule has 0 unspecified atom stereocenters. The van der Waals surface area contributed by atoms with Crippen molar-refractivity contribution in [3.05, 3.63) is 71.4 Å². The number of nitrogens with zero attached hydrogens (tertiary/aromatic N) is 3. The first-order valence-corrected chi connectivity index (χ1v) is 7.78. The van der Waals surface area contributed by atoms with Gasteiger partial charge in [0.05, 0.1) is 5.69 Å². The summed E-state index contributed by atoms with van der Waals surface area (Å²) in [6.07, 6.45) is 2.71. The van der Waals surface area contributed by atoms with E-state index in [1.54, 1.807) is 0 Å². The molecular weight excluding hydrogens is 286 g/mol. The fourth-order valence-corrected chi connectivity index (χ4v) is 2.76. The Morgan fingerprint density at radius 3 is 2.52 bits per heavy atom. The summed E-state index contributed by atoms with van der Waals surface area (Å²) in [5, 5.41) is 8.19. The largest absolute Gasteiger partial charge is 0.296 e. The molecule has 4 nitrogen and oxygen atoms in total. The second kappa shape index (κ2) is 7.01. The van der Waals surface area contributed by atoms with E-state index in [0.717, 1.165) is 42.5 Å². The summed E-state index contributed by atoms with van der Waals surface area (Å²) >= 11 is 0. The maximum atomic E-state index is 11.3. The number of aldehydes is 1. The van der Waals surface area contributed by atoms with Crippen molar-refractivity contribution in [2.24, 2.45) is 0 Å². The summed E-state index contributed by atoms with van der Waals surface area (Å²) in [5.74, 6) is 0. The van der Waals surface area contributed by atoms with E-state index in [1.165, 1.54) is 5.56 Å². The Bertz CT molecular complexity index is 793. The lowest BCUT2D eigenvalue weighted by atomic mass is 10.0. The van der Waals surface area contributed by atoms with Crippen LogP contribution >= 0.6 is 0 Å². The lowest BCUT2D eigenvalue weighted by molar-refractivity contribution is 0.111. The molecule has 0 aliphatic rings. The molecule has 0 radical (unpaired) electrons. The minimum absolute atomic E-state index is 0.402.